The Kier molecular flexibility index (Phi) is 6.90. The smallest absolute Gasteiger partial charge is 0.129 e. The molecule has 0 N–H and O–H groups in total. The average Bonchev–Trinajstić information content (AvgIpc) is 2.35. The van der Waals surface area contributed by atoms with Crippen LogP contribution in [0.15, 0.2) is 0 Å². The van der Waals surface area contributed by atoms with E-state index in [0.29, 0.717) is 6.42 Å². The summed E-state index contributed by atoms with van der Waals surface area (Å²) in [7, 11) is 0. The van der Waals surface area contributed by atoms with Crippen molar-refractivity contribution < 1.29 is 4.79 Å². The van der Waals surface area contributed by atoms with Gasteiger partial charge < -0.3 is 4.79 Å². The Labute approximate surface area is 113 Å². The van der Waals surface area contributed by atoms with Gasteiger partial charge in [-0.2, -0.15) is 0 Å². The molecule has 1 rings (SSSR count). The van der Waals surface area contributed by atoms with E-state index in [0.717, 1.165) is 6.42 Å². The molecule has 0 spiro atoms. The molecule has 1 aromatic rings. The molecule has 0 aliphatic rings. The van der Waals surface area contributed by atoms with Gasteiger partial charge in [0.1, 0.15) is 5.78 Å². The first-order valence-corrected chi connectivity index (χ1v) is 6.83. The summed E-state index contributed by atoms with van der Waals surface area (Å²) in [4.78, 5) is 9.81. The number of carbonyl (C=O) groups excluding carboxylic acids is 1. The first-order valence-electron chi connectivity index (χ1n) is 6.83. The van der Waals surface area contributed by atoms with Gasteiger partial charge in [-0.05, 0) is 81.3 Å². The fraction of sp³-hybridized carbons (Fsp3) is 0.588. The first-order chi connectivity index (χ1) is 8.27. The molecule has 1 heteroatoms. The van der Waals surface area contributed by atoms with Crippen molar-refractivity contribution in [2.24, 2.45) is 0 Å². The van der Waals surface area contributed by atoms with Crippen LogP contribution in [-0.2, 0) is 11.2 Å². The molecule has 0 bridgehead atoms. The summed E-state index contributed by atoms with van der Waals surface area (Å²) < 4.78 is 0. The van der Waals surface area contributed by atoms with Crippen LogP contribution in [0.3, 0.4) is 0 Å². The lowest BCUT2D eigenvalue weighted by molar-refractivity contribution is -0.116. The van der Waals surface area contributed by atoms with E-state index >= 15 is 0 Å². The largest absolute Gasteiger partial charge is 0.300 e. The predicted molar refractivity (Wildman–Crippen MR) is 80.5 cm³/mol. The highest BCUT2D eigenvalue weighted by Gasteiger charge is 2.09. The first kappa shape index (κ1) is 16.9. The van der Waals surface area contributed by atoms with E-state index in [9.17, 15) is 4.79 Å². The van der Waals surface area contributed by atoms with E-state index in [4.69, 9.17) is 0 Å². The van der Waals surface area contributed by atoms with Gasteiger partial charge in [-0.25, -0.2) is 0 Å². The van der Waals surface area contributed by atoms with Crippen LogP contribution in [0.2, 0.25) is 0 Å². The van der Waals surface area contributed by atoms with E-state index in [1.54, 1.807) is 12.5 Å². The Balaban J connectivity index is 0.000000494. The van der Waals surface area contributed by atoms with Crippen molar-refractivity contribution in [2.45, 2.75) is 68.2 Å². The summed E-state index contributed by atoms with van der Waals surface area (Å²) in [6, 6.07) is 0. The van der Waals surface area contributed by atoms with Crippen molar-refractivity contribution in [2.75, 3.05) is 0 Å². The third kappa shape index (κ3) is 3.97. The van der Waals surface area contributed by atoms with Crippen LogP contribution in [-0.4, -0.2) is 5.78 Å². The monoisotopic (exact) mass is 248 g/mol. The number of Topliss-reactive ketones (excluding diaryl/α,β-unsaturated/α-hetero) is 1. The topological polar surface area (TPSA) is 17.1 Å². The molecular weight excluding hydrogens is 220 g/mol. The Morgan fingerprint density at radius 1 is 0.778 bits per heavy atom. The maximum absolute atomic E-state index is 9.81. The molecule has 1 aromatic carbocycles. The molecular formula is C17H28O. The second-order valence-corrected chi connectivity index (χ2v) is 5.01. The van der Waals surface area contributed by atoms with E-state index in [1.165, 1.54) is 27.8 Å². The minimum absolute atomic E-state index is 0.255. The molecule has 0 unspecified atom stereocenters. The van der Waals surface area contributed by atoms with Crippen LogP contribution in [0.4, 0.5) is 0 Å². The van der Waals surface area contributed by atoms with Gasteiger partial charge in [-0.3, -0.25) is 0 Å². The predicted octanol–water partition coefficient (Wildman–Crippen LogP) is 4.78. The third-order valence-corrected chi connectivity index (χ3v) is 4.01. The Morgan fingerprint density at radius 2 is 1.06 bits per heavy atom. The second kappa shape index (κ2) is 7.35. The lowest BCUT2D eigenvalue weighted by Gasteiger charge is -2.17. The van der Waals surface area contributed by atoms with E-state index < -0.39 is 0 Å². The minimum Gasteiger partial charge on any atom is -0.300 e. The molecule has 0 fully saturated rings. The van der Waals surface area contributed by atoms with Crippen LogP contribution >= 0.6 is 0 Å². The molecule has 0 heterocycles. The Hall–Kier alpha value is -1.11. The zero-order valence-corrected chi connectivity index (χ0v) is 13.3. The molecule has 0 saturated carbocycles. The summed E-state index contributed by atoms with van der Waals surface area (Å²) in [6.07, 6.45) is 1.82. The highest BCUT2D eigenvalue weighted by molar-refractivity contribution is 5.74. The van der Waals surface area contributed by atoms with Gasteiger partial charge in [0.05, 0.1) is 0 Å². The minimum atomic E-state index is 0.255. The van der Waals surface area contributed by atoms with Crippen LogP contribution in [0.5, 0.6) is 0 Å². The summed E-state index contributed by atoms with van der Waals surface area (Å²) in [6.45, 7) is 16.9. The van der Waals surface area contributed by atoms with Gasteiger partial charge in [0.15, 0.2) is 0 Å². The zero-order valence-electron chi connectivity index (χ0n) is 13.3. The summed E-state index contributed by atoms with van der Waals surface area (Å²) in [5.74, 6) is 0.255. The van der Waals surface area contributed by atoms with E-state index in [1.807, 2.05) is 6.92 Å². The van der Waals surface area contributed by atoms with Gasteiger partial charge in [-0.1, -0.05) is 13.8 Å². The normalized spacial score (nSPS) is 9.78. The number of ketones is 1. The molecule has 0 aromatic heterocycles. The van der Waals surface area contributed by atoms with Crippen molar-refractivity contribution in [3.63, 3.8) is 0 Å². The fourth-order valence-electron chi connectivity index (χ4n) is 2.11. The number of carbonyl (C=O) groups is 1. The van der Waals surface area contributed by atoms with Gasteiger partial charge in [0, 0.05) is 6.42 Å². The maximum atomic E-state index is 9.81. The zero-order chi connectivity index (χ0) is 14.5. The summed E-state index contributed by atoms with van der Waals surface area (Å²) in [5.41, 5.74) is 8.93. The van der Waals surface area contributed by atoms with Gasteiger partial charge >= 0.3 is 0 Å². The van der Waals surface area contributed by atoms with Crippen molar-refractivity contribution in [1.82, 2.24) is 0 Å². The molecule has 1 nitrogen and oxygen atoms in total. The molecule has 102 valence electrons. The fourth-order valence-corrected chi connectivity index (χ4v) is 2.11. The number of hydrogen-bond acceptors (Lipinski definition) is 1. The van der Waals surface area contributed by atoms with E-state index in [2.05, 4.69) is 41.5 Å². The molecule has 0 aliphatic heterocycles. The van der Waals surface area contributed by atoms with E-state index in [-0.39, 0.29) is 5.78 Å². The van der Waals surface area contributed by atoms with Crippen LogP contribution < -0.4 is 0 Å². The maximum Gasteiger partial charge on any atom is 0.129 e. The number of rotatable bonds is 2. The number of benzene rings is 1. The average molecular weight is 248 g/mol. The lowest BCUT2D eigenvalue weighted by Crippen LogP contribution is -2.01. The summed E-state index contributed by atoms with van der Waals surface area (Å²) >= 11 is 0. The molecule has 0 amide bonds. The molecule has 18 heavy (non-hydrogen) atoms. The molecule has 0 aliphatic carbocycles. The van der Waals surface area contributed by atoms with Crippen molar-refractivity contribution in [3.8, 4) is 0 Å². The van der Waals surface area contributed by atoms with Crippen LogP contribution in [0, 0.1) is 34.6 Å². The Bertz CT molecular complexity index is 399. The third-order valence-electron chi connectivity index (χ3n) is 4.01. The van der Waals surface area contributed by atoms with Crippen molar-refractivity contribution in [1.29, 1.82) is 0 Å². The summed E-state index contributed by atoms with van der Waals surface area (Å²) in [5, 5.41) is 0. The molecule has 0 atom stereocenters. The number of hydrogen-bond donors (Lipinski definition) is 0. The van der Waals surface area contributed by atoms with Gasteiger partial charge in [0.25, 0.3) is 0 Å². The van der Waals surface area contributed by atoms with Crippen molar-refractivity contribution in [3.05, 3.63) is 33.4 Å². The highest BCUT2D eigenvalue weighted by Crippen LogP contribution is 2.25. The quantitative estimate of drug-likeness (QED) is 0.736. The van der Waals surface area contributed by atoms with Crippen molar-refractivity contribution >= 4 is 5.78 Å². The standard InChI is InChI=1S/C13H20.C4H8O/c1-7-13-11(5)9(3)8(2)10(4)12(13)6;1-3-4(2)5/h7H2,1-6H3;3H2,1-2H3. The van der Waals surface area contributed by atoms with Gasteiger partial charge in [0.2, 0.25) is 0 Å². The Morgan fingerprint density at radius 3 is 1.28 bits per heavy atom. The van der Waals surface area contributed by atoms with Crippen LogP contribution in [0.1, 0.15) is 60.6 Å². The van der Waals surface area contributed by atoms with Crippen LogP contribution in [0.25, 0.3) is 0 Å². The SMILES string of the molecule is CCC(C)=O.CCc1c(C)c(C)c(C)c(C)c1C. The second-order valence-electron chi connectivity index (χ2n) is 5.01. The molecule has 0 radical (unpaired) electrons. The molecule has 0 saturated heterocycles. The lowest BCUT2D eigenvalue weighted by atomic mass is 9.89. The van der Waals surface area contributed by atoms with Gasteiger partial charge in [-0.15, -0.1) is 0 Å². The highest BCUT2D eigenvalue weighted by atomic mass is 16.1.